The molecule has 0 bridgehead atoms. The molecule has 0 aliphatic carbocycles. The van der Waals surface area contributed by atoms with E-state index in [4.69, 9.17) is 16.3 Å². The summed E-state index contributed by atoms with van der Waals surface area (Å²) in [5, 5.41) is 6.98. The Kier molecular flexibility index (Phi) is 6.16. The monoisotopic (exact) mass is 379 g/mol. The van der Waals surface area contributed by atoms with Gasteiger partial charge in [-0.3, -0.25) is 9.59 Å². The molecule has 0 radical (unpaired) electrons. The van der Waals surface area contributed by atoms with E-state index < -0.39 is 5.92 Å². The second-order valence-corrected chi connectivity index (χ2v) is 7.64. The van der Waals surface area contributed by atoms with Crippen LogP contribution in [0.15, 0.2) is 24.3 Å². The van der Waals surface area contributed by atoms with Crippen molar-refractivity contribution in [2.24, 2.45) is 11.3 Å². The fraction of sp³-hybridized carbons (Fsp3) is 0.579. The van der Waals surface area contributed by atoms with Gasteiger partial charge in [0.25, 0.3) is 0 Å². The van der Waals surface area contributed by atoms with Gasteiger partial charge in [0, 0.05) is 36.3 Å². The van der Waals surface area contributed by atoms with E-state index in [1.165, 1.54) is 0 Å². The molecule has 7 heteroatoms. The molecular weight excluding hydrogens is 354 g/mol. The number of halogens is 1. The summed E-state index contributed by atoms with van der Waals surface area (Å²) in [6.45, 7) is 3.56. The highest BCUT2D eigenvalue weighted by atomic mass is 35.5. The Morgan fingerprint density at radius 2 is 2.04 bits per heavy atom. The average Bonchev–Trinajstić information content (AvgIpc) is 3.03. The van der Waals surface area contributed by atoms with Crippen LogP contribution in [0.4, 0.5) is 5.69 Å². The largest absolute Gasteiger partial charge is 0.384 e. The number of nitrogens with zero attached hydrogens (tertiary/aromatic N) is 1. The van der Waals surface area contributed by atoms with E-state index in [1.807, 2.05) is 12.1 Å². The van der Waals surface area contributed by atoms with E-state index >= 15 is 0 Å². The number of hydrogen-bond donors (Lipinski definition) is 2. The van der Waals surface area contributed by atoms with Gasteiger partial charge in [-0.15, -0.1) is 0 Å². The highest BCUT2D eigenvalue weighted by Crippen LogP contribution is 2.30. The van der Waals surface area contributed by atoms with Crippen LogP contribution >= 0.6 is 11.6 Å². The summed E-state index contributed by atoms with van der Waals surface area (Å²) in [6.07, 6.45) is 2.44. The molecule has 2 saturated heterocycles. The maximum absolute atomic E-state index is 12.7. The summed E-state index contributed by atoms with van der Waals surface area (Å²) in [6, 6.07) is 7.12. The fourth-order valence-electron chi connectivity index (χ4n) is 3.83. The normalized spacial score (nSPS) is 22.5. The molecule has 0 aromatic heterocycles. The minimum atomic E-state index is -0.619. The molecule has 3 rings (SSSR count). The predicted molar refractivity (Wildman–Crippen MR) is 101 cm³/mol. The Labute approximate surface area is 159 Å². The zero-order valence-electron chi connectivity index (χ0n) is 15.1. The van der Waals surface area contributed by atoms with Gasteiger partial charge in [-0.25, -0.2) is 0 Å². The van der Waals surface area contributed by atoms with E-state index in [2.05, 4.69) is 10.6 Å². The smallest absolute Gasteiger partial charge is 0.239 e. The summed E-state index contributed by atoms with van der Waals surface area (Å²) in [4.78, 5) is 27.0. The van der Waals surface area contributed by atoms with Gasteiger partial charge in [0.2, 0.25) is 11.8 Å². The van der Waals surface area contributed by atoms with Gasteiger partial charge < -0.3 is 20.3 Å². The molecule has 26 heavy (non-hydrogen) atoms. The molecule has 1 unspecified atom stereocenters. The summed E-state index contributed by atoms with van der Waals surface area (Å²) in [7, 11) is 1.69. The predicted octanol–water partition coefficient (Wildman–Crippen LogP) is 1.83. The first-order valence-corrected chi connectivity index (χ1v) is 9.47. The summed E-state index contributed by atoms with van der Waals surface area (Å²) < 4.78 is 5.38. The summed E-state index contributed by atoms with van der Waals surface area (Å²) >= 11 is 5.91. The lowest BCUT2D eigenvalue weighted by Crippen LogP contribution is -2.48. The number of nitrogens with one attached hydrogen (secondary N) is 2. The Hall–Kier alpha value is -1.63. The average molecular weight is 380 g/mol. The van der Waals surface area contributed by atoms with Crippen LogP contribution in [0.5, 0.6) is 0 Å². The number of carbonyl (C=O) groups is 2. The third kappa shape index (κ3) is 4.19. The molecular formula is C19H26ClN3O3. The SMILES string of the molecule is COCC1(CNC(=O)C2CCN(c3ccc(Cl)cc3)C2=O)CCNCC1. The van der Waals surface area contributed by atoms with Gasteiger partial charge in [0.05, 0.1) is 6.61 Å². The maximum atomic E-state index is 12.7. The van der Waals surface area contributed by atoms with E-state index in [0.717, 1.165) is 31.6 Å². The molecule has 2 heterocycles. The van der Waals surface area contributed by atoms with Crippen molar-refractivity contribution in [2.45, 2.75) is 19.3 Å². The summed E-state index contributed by atoms with van der Waals surface area (Å²) in [5.74, 6) is -0.941. The molecule has 2 amide bonds. The number of benzene rings is 1. The van der Waals surface area contributed by atoms with Gasteiger partial charge >= 0.3 is 0 Å². The number of methoxy groups -OCH3 is 1. The Morgan fingerprint density at radius 3 is 2.69 bits per heavy atom. The van der Waals surface area contributed by atoms with Crippen molar-refractivity contribution >= 4 is 29.1 Å². The number of amides is 2. The zero-order chi connectivity index (χ0) is 18.6. The molecule has 142 valence electrons. The standard InChI is InChI=1S/C19H26ClN3O3/c1-26-13-19(7-9-21-10-8-19)12-22-17(24)16-6-11-23(18(16)25)15-4-2-14(20)3-5-15/h2-5,16,21H,6-13H2,1H3,(H,22,24). The zero-order valence-corrected chi connectivity index (χ0v) is 15.8. The molecule has 0 spiro atoms. The number of piperidine rings is 1. The number of ether oxygens (including phenoxy) is 1. The first-order valence-electron chi connectivity index (χ1n) is 9.09. The molecule has 2 aliphatic heterocycles. The Morgan fingerprint density at radius 1 is 1.35 bits per heavy atom. The van der Waals surface area contributed by atoms with Crippen molar-refractivity contribution in [3.05, 3.63) is 29.3 Å². The first kappa shape index (κ1) is 19.1. The van der Waals surface area contributed by atoms with Crippen molar-refractivity contribution in [1.82, 2.24) is 10.6 Å². The van der Waals surface area contributed by atoms with Crippen LogP contribution in [0.3, 0.4) is 0 Å². The molecule has 2 N–H and O–H groups in total. The third-order valence-electron chi connectivity index (χ3n) is 5.41. The highest BCUT2D eigenvalue weighted by Gasteiger charge is 2.39. The van der Waals surface area contributed by atoms with Crippen LogP contribution in [0, 0.1) is 11.3 Å². The molecule has 6 nitrogen and oxygen atoms in total. The quantitative estimate of drug-likeness (QED) is 0.740. The second kappa shape index (κ2) is 8.37. The van der Waals surface area contributed by atoms with Crippen molar-refractivity contribution in [3.8, 4) is 0 Å². The van der Waals surface area contributed by atoms with Gasteiger partial charge in [-0.2, -0.15) is 0 Å². The molecule has 1 aromatic rings. The third-order valence-corrected chi connectivity index (χ3v) is 5.66. The van der Waals surface area contributed by atoms with Crippen LogP contribution in [0.25, 0.3) is 0 Å². The molecule has 1 aromatic carbocycles. The van der Waals surface area contributed by atoms with E-state index in [1.54, 1.807) is 24.1 Å². The van der Waals surface area contributed by atoms with Crippen LogP contribution < -0.4 is 15.5 Å². The second-order valence-electron chi connectivity index (χ2n) is 7.21. The van der Waals surface area contributed by atoms with E-state index in [-0.39, 0.29) is 17.2 Å². The maximum Gasteiger partial charge on any atom is 0.239 e. The van der Waals surface area contributed by atoms with E-state index in [0.29, 0.717) is 31.1 Å². The molecule has 1 atom stereocenters. The van der Waals surface area contributed by atoms with Gasteiger partial charge in [0.1, 0.15) is 5.92 Å². The minimum Gasteiger partial charge on any atom is -0.384 e. The van der Waals surface area contributed by atoms with Crippen molar-refractivity contribution in [1.29, 1.82) is 0 Å². The van der Waals surface area contributed by atoms with Crippen LogP contribution in [-0.4, -0.2) is 51.7 Å². The molecule has 2 aliphatic rings. The minimum absolute atomic E-state index is 0.0484. The lowest BCUT2D eigenvalue weighted by molar-refractivity contribution is -0.132. The van der Waals surface area contributed by atoms with Gasteiger partial charge in [-0.05, 0) is 56.6 Å². The number of carbonyl (C=O) groups excluding carboxylic acids is 2. The number of hydrogen-bond acceptors (Lipinski definition) is 4. The number of anilines is 1. The van der Waals surface area contributed by atoms with E-state index in [9.17, 15) is 9.59 Å². The molecule has 2 fully saturated rings. The summed E-state index contributed by atoms with van der Waals surface area (Å²) in [5.41, 5.74) is 0.733. The van der Waals surface area contributed by atoms with Crippen LogP contribution in [-0.2, 0) is 14.3 Å². The number of rotatable bonds is 6. The molecule has 0 saturated carbocycles. The van der Waals surface area contributed by atoms with Crippen LogP contribution in [0.1, 0.15) is 19.3 Å². The lowest BCUT2D eigenvalue weighted by Gasteiger charge is -2.37. The van der Waals surface area contributed by atoms with Crippen molar-refractivity contribution < 1.29 is 14.3 Å². The highest BCUT2D eigenvalue weighted by molar-refractivity contribution is 6.30. The van der Waals surface area contributed by atoms with Gasteiger partial charge in [-0.1, -0.05) is 11.6 Å². The fourth-order valence-corrected chi connectivity index (χ4v) is 3.96. The Balaban J connectivity index is 1.59. The lowest BCUT2D eigenvalue weighted by atomic mass is 9.79. The topological polar surface area (TPSA) is 70.7 Å². The van der Waals surface area contributed by atoms with Crippen molar-refractivity contribution in [3.63, 3.8) is 0 Å². The van der Waals surface area contributed by atoms with Crippen molar-refractivity contribution in [2.75, 3.05) is 44.8 Å². The van der Waals surface area contributed by atoms with Gasteiger partial charge in [0.15, 0.2) is 0 Å². The Bertz CT molecular complexity index is 638. The van der Waals surface area contributed by atoms with Crippen LogP contribution in [0.2, 0.25) is 5.02 Å². The first-order chi connectivity index (χ1) is 12.5.